The van der Waals surface area contributed by atoms with E-state index < -0.39 is 26.5 Å². The molecule has 0 aliphatic rings. The number of phosphoric acid groups is 1. The first-order valence-electron chi connectivity index (χ1n) is 38.3. The molecular weight excluding hydrogens is 1160 g/mol. The molecule has 530 valence electrons. The van der Waals surface area contributed by atoms with Crippen molar-refractivity contribution in [2.75, 3.05) is 47.5 Å². The van der Waals surface area contributed by atoms with Crippen molar-refractivity contribution in [2.45, 2.75) is 341 Å². The van der Waals surface area contributed by atoms with E-state index in [1.807, 2.05) is 21.1 Å². The molecule has 0 saturated heterocycles. The Morgan fingerprint density at radius 1 is 0.337 bits per heavy atom. The van der Waals surface area contributed by atoms with Gasteiger partial charge in [0.15, 0.2) is 6.10 Å². The SMILES string of the molecule is CC/C=C\C/C=C\C/C=C\C/C=C\C/C=C\C/C=C\CCCCCCCCCCCCCCCCCCCCC(=O)OC(COC(=O)CCCCCCCCCCCCCCCCCCCC/C=C\C/C=C\C/C=C\C/C=C\CC)COP(=O)(O)OCC[N+](C)(C)C. The normalized spacial score (nSPS) is 13.8. The molecule has 10 heteroatoms. The third-order valence-corrected chi connectivity index (χ3v) is 17.5. The molecule has 0 heterocycles. The Bertz CT molecular complexity index is 1970. The van der Waals surface area contributed by atoms with Crippen molar-refractivity contribution in [3.8, 4) is 0 Å². The van der Waals surface area contributed by atoms with Gasteiger partial charge in [0.1, 0.15) is 19.8 Å². The van der Waals surface area contributed by atoms with Crippen molar-refractivity contribution in [1.82, 2.24) is 0 Å². The first kappa shape index (κ1) is 88.4. The third kappa shape index (κ3) is 75.4. The van der Waals surface area contributed by atoms with Gasteiger partial charge in [-0.25, -0.2) is 4.57 Å². The van der Waals surface area contributed by atoms with Gasteiger partial charge < -0.3 is 18.9 Å². The standard InChI is InChI=1S/C82H144NO8P/c1-6-8-10-12-14-16-18-20-22-24-26-28-30-32-34-36-38-39-40-41-42-43-45-47-49-51-53-55-57-59-61-63-65-67-69-71-73-75-82(85)91-80(79-90-92(86,87)89-77-76-83(3,4)5)78-88-81(84)74-72-70-68-66-64-62-60-58-56-54-52-50-48-46-44-37-35-33-31-29-27-25-23-21-19-17-15-13-11-9-7-2/h8-11,14-17,20-23,26-29,32,34,38-39,80H,6-7,12-13,18-19,24-25,30-31,33,35-37,40-79H2,1-5H3/p+1/b10-8-,11-9-,16-14-,17-15-,22-20-,23-21-,28-26-,29-27-,34-32-,39-38-. The number of carbonyl (C=O) groups excluding carboxylic acids is 2. The number of nitrogens with zero attached hydrogens (tertiary/aromatic N) is 1. The summed E-state index contributed by atoms with van der Waals surface area (Å²) in [7, 11) is 1.48. The van der Waals surface area contributed by atoms with Gasteiger partial charge in [0, 0.05) is 12.8 Å². The molecule has 0 radical (unpaired) electrons. The fraction of sp³-hybridized carbons (Fsp3) is 0.732. The van der Waals surface area contributed by atoms with E-state index in [0.29, 0.717) is 17.4 Å². The van der Waals surface area contributed by atoms with Crippen LogP contribution >= 0.6 is 7.82 Å². The molecule has 0 spiro atoms. The van der Waals surface area contributed by atoms with Crippen LogP contribution in [-0.2, 0) is 32.7 Å². The number of ether oxygens (including phenoxy) is 2. The highest BCUT2D eigenvalue weighted by atomic mass is 31.2. The molecule has 0 saturated carbocycles. The summed E-state index contributed by atoms with van der Waals surface area (Å²) < 4.78 is 34.8. The van der Waals surface area contributed by atoms with E-state index in [1.54, 1.807) is 0 Å². The Balaban J connectivity index is 3.98. The van der Waals surface area contributed by atoms with Crippen LogP contribution in [0.3, 0.4) is 0 Å². The van der Waals surface area contributed by atoms with Crippen molar-refractivity contribution in [1.29, 1.82) is 0 Å². The Morgan fingerprint density at radius 2 is 0.587 bits per heavy atom. The second-order valence-corrected chi connectivity index (χ2v) is 28.1. The summed E-state index contributed by atoms with van der Waals surface area (Å²) in [6, 6.07) is 0. The molecule has 0 aromatic carbocycles. The van der Waals surface area contributed by atoms with Crippen LogP contribution in [-0.4, -0.2) is 74.9 Å². The number of allylic oxidation sites excluding steroid dienone is 20. The Labute approximate surface area is 568 Å². The number of hydrogen-bond acceptors (Lipinski definition) is 7. The van der Waals surface area contributed by atoms with E-state index in [1.165, 1.54) is 205 Å². The van der Waals surface area contributed by atoms with Crippen molar-refractivity contribution < 1.29 is 42.1 Å². The van der Waals surface area contributed by atoms with Gasteiger partial charge >= 0.3 is 19.8 Å². The minimum absolute atomic E-state index is 0.0299. The van der Waals surface area contributed by atoms with E-state index in [-0.39, 0.29) is 32.0 Å². The topological polar surface area (TPSA) is 108 Å². The Kier molecular flexibility index (Phi) is 68.9. The molecular formula is C82H145NO8P+. The lowest BCUT2D eigenvalue weighted by Gasteiger charge is -2.24. The average molecular weight is 1300 g/mol. The van der Waals surface area contributed by atoms with Gasteiger partial charge in [-0.3, -0.25) is 18.6 Å². The molecule has 0 fully saturated rings. The molecule has 2 atom stereocenters. The zero-order valence-corrected chi connectivity index (χ0v) is 61.4. The molecule has 92 heavy (non-hydrogen) atoms. The van der Waals surface area contributed by atoms with Crippen LogP contribution in [0.4, 0.5) is 0 Å². The molecule has 0 aromatic heterocycles. The number of carbonyl (C=O) groups is 2. The van der Waals surface area contributed by atoms with Gasteiger partial charge in [-0.1, -0.05) is 341 Å². The van der Waals surface area contributed by atoms with Crippen molar-refractivity contribution in [3.63, 3.8) is 0 Å². The molecule has 0 aliphatic heterocycles. The average Bonchev–Trinajstić information content (AvgIpc) is 2.34. The summed E-state index contributed by atoms with van der Waals surface area (Å²) in [5.74, 6) is -0.786. The minimum Gasteiger partial charge on any atom is -0.462 e. The second-order valence-electron chi connectivity index (χ2n) is 26.6. The lowest BCUT2D eigenvalue weighted by atomic mass is 10.0. The molecule has 1 N–H and O–H groups in total. The second kappa shape index (κ2) is 71.7. The van der Waals surface area contributed by atoms with Crippen molar-refractivity contribution >= 4 is 19.8 Å². The highest BCUT2D eigenvalue weighted by molar-refractivity contribution is 7.47. The summed E-state index contributed by atoms with van der Waals surface area (Å²) in [6.07, 6.45) is 103. The van der Waals surface area contributed by atoms with Gasteiger partial charge in [0.2, 0.25) is 0 Å². The van der Waals surface area contributed by atoms with Crippen LogP contribution in [0, 0.1) is 0 Å². The Hall–Kier alpha value is -3.59. The molecule has 2 unspecified atom stereocenters. The van der Waals surface area contributed by atoms with Crippen molar-refractivity contribution in [3.05, 3.63) is 122 Å². The van der Waals surface area contributed by atoms with Crippen LogP contribution in [0.1, 0.15) is 335 Å². The maximum Gasteiger partial charge on any atom is 0.472 e. The highest BCUT2D eigenvalue weighted by Crippen LogP contribution is 2.43. The summed E-state index contributed by atoms with van der Waals surface area (Å²) in [5.41, 5.74) is 0. The fourth-order valence-corrected chi connectivity index (χ4v) is 11.5. The quantitative estimate of drug-likeness (QED) is 0.0211. The predicted octanol–water partition coefficient (Wildman–Crippen LogP) is 25.4. The fourth-order valence-electron chi connectivity index (χ4n) is 10.7. The number of rotatable bonds is 70. The van der Waals surface area contributed by atoms with E-state index >= 15 is 0 Å². The highest BCUT2D eigenvalue weighted by Gasteiger charge is 2.27. The molecule has 0 rings (SSSR count). The van der Waals surface area contributed by atoms with Crippen LogP contribution in [0.5, 0.6) is 0 Å². The van der Waals surface area contributed by atoms with Crippen molar-refractivity contribution in [2.24, 2.45) is 0 Å². The van der Waals surface area contributed by atoms with Crippen LogP contribution < -0.4 is 0 Å². The summed E-state index contributed by atoms with van der Waals surface area (Å²) >= 11 is 0. The number of unbranched alkanes of at least 4 members (excludes halogenated alkanes) is 36. The van der Waals surface area contributed by atoms with Crippen LogP contribution in [0.25, 0.3) is 0 Å². The van der Waals surface area contributed by atoms with E-state index in [2.05, 4.69) is 135 Å². The largest absolute Gasteiger partial charge is 0.472 e. The van der Waals surface area contributed by atoms with E-state index in [0.717, 1.165) is 96.3 Å². The number of phosphoric ester groups is 1. The lowest BCUT2D eigenvalue weighted by Crippen LogP contribution is -2.37. The number of hydrogen-bond donors (Lipinski definition) is 1. The zero-order chi connectivity index (χ0) is 66.9. The van der Waals surface area contributed by atoms with Gasteiger partial charge in [-0.2, -0.15) is 0 Å². The zero-order valence-electron chi connectivity index (χ0n) is 60.5. The minimum atomic E-state index is -4.40. The first-order chi connectivity index (χ1) is 45.0. The van der Waals surface area contributed by atoms with E-state index in [9.17, 15) is 19.0 Å². The van der Waals surface area contributed by atoms with Crippen LogP contribution in [0.2, 0.25) is 0 Å². The summed E-state index contributed by atoms with van der Waals surface area (Å²) in [5, 5.41) is 0. The summed E-state index contributed by atoms with van der Waals surface area (Å²) in [6.45, 7) is 4.24. The number of esters is 2. The van der Waals surface area contributed by atoms with Gasteiger partial charge in [0.25, 0.3) is 0 Å². The van der Waals surface area contributed by atoms with Gasteiger partial charge in [-0.05, 0) is 103 Å². The smallest absolute Gasteiger partial charge is 0.462 e. The molecule has 0 aliphatic carbocycles. The Morgan fingerprint density at radius 3 is 0.870 bits per heavy atom. The maximum atomic E-state index is 12.9. The number of quaternary nitrogens is 1. The number of likely N-dealkylation sites (N-methyl/N-ethyl adjacent to an activating group) is 1. The molecule has 0 aromatic rings. The first-order valence-corrected chi connectivity index (χ1v) is 39.8. The maximum absolute atomic E-state index is 12.9. The van der Waals surface area contributed by atoms with Gasteiger partial charge in [-0.15, -0.1) is 0 Å². The van der Waals surface area contributed by atoms with Crippen LogP contribution in [0.15, 0.2) is 122 Å². The van der Waals surface area contributed by atoms with Gasteiger partial charge in [0.05, 0.1) is 27.7 Å². The molecule has 9 nitrogen and oxygen atoms in total. The molecule has 0 bridgehead atoms. The monoisotopic (exact) mass is 1300 g/mol. The van der Waals surface area contributed by atoms with E-state index in [4.69, 9.17) is 18.5 Å². The predicted molar refractivity (Wildman–Crippen MR) is 399 cm³/mol. The lowest BCUT2D eigenvalue weighted by molar-refractivity contribution is -0.870. The third-order valence-electron chi connectivity index (χ3n) is 16.5. The summed E-state index contributed by atoms with van der Waals surface area (Å²) in [4.78, 5) is 36.0. The molecule has 0 amide bonds.